The molecule has 0 bridgehead atoms. The van der Waals surface area contributed by atoms with E-state index in [1.54, 1.807) is 41.8 Å². The van der Waals surface area contributed by atoms with E-state index in [4.69, 9.17) is 9.15 Å². The molecule has 36 heavy (non-hydrogen) atoms. The highest BCUT2D eigenvalue weighted by atomic mass is 32.2. The molecule has 6 nitrogen and oxygen atoms in total. The van der Waals surface area contributed by atoms with Crippen molar-refractivity contribution in [2.45, 2.75) is 30.4 Å². The predicted molar refractivity (Wildman–Crippen MR) is 142 cm³/mol. The molecule has 0 radical (unpaired) electrons. The number of carbonyl (C=O) groups is 2. The second kappa shape index (κ2) is 10.0. The molecule has 0 saturated carbocycles. The van der Waals surface area contributed by atoms with Gasteiger partial charge in [-0.05, 0) is 37.6 Å². The van der Waals surface area contributed by atoms with Crippen molar-refractivity contribution in [1.82, 2.24) is 0 Å². The van der Waals surface area contributed by atoms with E-state index in [9.17, 15) is 14.4 Å². The number of rotatable bonds is 4. The number of benzene rings is 3. The van der Waals surface area contributed by atoms with Gasteiger partial charge in [-0.25, -0.2) is 4.79 Å². The van der Waals surface area contributed by atoms with Gasteiger partial charge in [-0.3, -0.25) is 9.59 Å². The lowest BCUT2D eigenvalue weighted by Gasteiger charge is -2.22. The van der Waals surface area contributed by atoms with Gasteiger partial charge in [0.05, 0.1) is 11.1 Å². The van der Waals surface area contributed by atoms with Gasteiger partial charge in [-0.2, -0.15) is 0 Å². The van der Waals surface area contributed by atoms with Gasteiger partial charge in [-0.1, -0.05) is 55.5 Å². The average Bonchev–Trinajstić information content (AvgIpc) is 3.07. The lowest BCUT2D eigenvalue weighted by molar-refractivity contribution is -0.121. The van der Waals surface area contributed by atoms with Crippen LogP contribution in [0, 0.1) is 6.92 Å². The maximum Gasteiger partial charge on any atom is 0.342 e. The van der Waals surface area contributed by atoms with Crippen molar-refractivity contribution in [3.8, 4) is 11.3 Å². The number of hydrogen-bond donors (Lipinski definition) is 0. The highest BCUT2D eigenvalue weighted by Crippen LogP contribution is 2.37. The summed E-state index contributed by atoms with van der Waals surface area (Å²) in [5, 5.41) is 0.660. The molecule has 1 unspecified atom stereocenters. The zero-order valence-corrected chi connectivity index (χ0v) is 20.8. The van der Waals surface area contributed by atoms with Gasteiger partial charge in [0.25, 0.3) is 5.91 Å². The number of fused-ring (bicyclic) bond motifs is 2. The Labute approximate surface area is 212 Å². The van der Waals surface area contributed by atoms with Crippen LogP contribution < -0.4 is 10.3 Å². The molecule has 0 fully saturated rings. The Hall–Kier alpha value is -3.84. The molecule has 4 aromatic rings. The van der Waals surface area contributed by atoms with E-state index in [1.807, 2.05) is 54.6 Å². The summed E-state index contributed by atoms with van der Waals surface area (Å²) in [5.41, 5.74) is 2.06. The number of para-hydroxylation sites is 2. The number of hydrogen-bond acceptors (Lipinski definition) is 6. The van der Waals surface area contributed by atoms with Crippen LogP contribution in [0.5, 0.6) is 0 Å². The first kappa shape index (κ1) is 23.9. The Morgan fingerprint density at radius 2 is 1.78 bits per heavy atom. The minimum Gasteiger partial charge on any atom is -0.455 e. The molecule has 182 valence electrons. The van der Waals surface area contributed by atoms with Crippen LogP contribution in [0.3, 0.4) is 0 Å². The first-order chi connectivity index (χ1) is 17.4. The third-order valence-electron chi connectivity index (χ3n) is 6.27. The van der Waals surface area contributed by atoms with Crippen LogP contribution in [-0.2, 0) is 9.53 Å². The summed E-state index contributed by atoms with van der Waals surface area (Å²) < 4.78 is 11.6. The molecule has 0 N–H and O–H groups in total. The second-order valence-corrected chi connectivity index (χ2v) is 10.2. The van der Waals surface area contributed by atoms with Gasteiger partial charge in [0.15, 0.2) is 17.6 Å². The molecule has 0 saturated heterocycles. The Kier molecular flexibility index (Phi) is 6.65. The highest BCUT2D eigenvalue weighted by molar-refractivity contribution is 8.00. The standard InChI is InChI=1S/C29H25NO5S/c1-18-15-16-30(23-13-6-7-14-24(23)36-18)25(31)17-34-29(33)22-12-8-11-21-26(32)19(2)27(35-28(21)22)20-9-4-3-5-10-20/h3-14,18H,15-17H2,1-2H3. The van der Waals surface area contributed by atoms with E-state index >= 15 is 0 Å². The molecule has 1 amide bonds. The molecule has 2 heterocycles. The Morgan fingerprint density at radius 3 is 2.58 bits per heavy atom. The predicted octanol–water partition coefficient (Wildman–Crippen LogP) is 5.84. The second-order valence-electron chi connectivity index (χ2n) is 8.74. The summed E-state index contributed by atoms with van der Waals surface area (Å²) >= 11 is 1.73. The normalized spacial score (nSPS) is 15.3. The molecule has 1 aliphatic heterocycles. The van der Waals surface area contributed by atoms with Crippen molar-refractivity contribution in [3.63, 3.8) is 0 Å². The van der Waals surface area contributed by atoms with E-state index in [0.717, 1.165) is 22.6 Å². The van der Waals surface area contributed by atoms with Gasteiger partial charge in [0.2, 0.25) is 0 Å². The van der Waals surface area contributed by atoms with Crippen LogP contribution in [-0.4, -0.2) is 30.3 Å². The summed E-state index contributed by atoms with van der Waals surface area (Å²) in [5.74, 6) is -0.615. The number of esters is 1. The maximum absolute atomic E-state index is 13.1. The van der Waals surface area contributed by atoms with Crippen molar-refractivity contribution in [2.24, 2.45) is 0 Å². The van der Waals surface area contributed by atoms with Crippen LogP contribution >= 0.6 is 11.8 Å². The quantitative estimate of drug-likeness (QED) is 0.328. The molecule has 1 aliphatic rings. The van der Waals surface area contributed by atoms with Crippen molar-refractivity contribution in [2.75, 3.05) is 18.1 Å². The van der Waals surface area contributed by atoms with E-state index < -0.39 is 12.6 Å². The summed E-state index contributed by atoms with van der Waals surface area (Å²) in [6, 6.07) is 21.8. The molecule has 1 atom stereocenters. The van der Waals surface area contributed by atoms with Gasteiger partial charge in [0, 0.05) is 27.8 Å². The summed E-state index contributed by atoms with van der Waals surface area (Å²) in [7, 11) is 0. The lowest BCUT2D eigenvalue weighted by atomic mass is 10.0. The van der Waals surface area contributed by atoms with Crippen LogP contribution in [0.1, 0.15) is 29.3 Å². The summed E-state index contributed by atoms with van der Waals surface area (Å²) in [4.78, 5) is 42.0. The molecule has 5 rings (SSSR count). The molecule has 0 aliphatic carbocycles. The highest BCUT2D eigenvalue weighted by Gasteiger charge is 2.26. The van der Waals surface area contributed by atoms with Crippen LogP contribution in [0.2, 0.25) is 0 Å². The fourth-order valence-corrected chi connectivity index (χ4v) is 5.48. The van der Waals surface area contributed by atoms with Crippen LogP contribution in [0.4, 0.5) is 5.69 Å². The number of anilines is 1. The first-order valence-electron chi connectivity index (χ1n) is 11.8. The average molecular weight is 500 g/mol. The zero-order valence-electron chi connectivity index (χ0n) is 20.0. The largest absolute Gasteiger partial charge is 0.455 e. The Morgan fingerprint density at radius 1 is 1.03 bits per heavy atom. The smallest absolute Gasteiger partial charge is 0.342 e. The monoisotopic (exact) mass is 499 g/mol. The zero-order chi connectivity index (χ0) is 25.2. The minimum absolute atomic E-state index is 0.107. The Bertz CT molecular complexity index is 1510. The SMILES string of the molecule is Cc1c(-c2ccccc2)oc2c(C(=O)OCC(=O)N3CCC(C)Sc4ccccc43)cccc2c1=O. The molecule has 7 heteroatoms. The van der Waals surface area contributed by atoms with Crippen molar-refractivity contribution in [1.29, 1.82) is 0 Å². The van der Waals surface area contributed by atoms with Crippen molar-refractivity contribution >= 4 is 40.3 Å². The van der Waals surface area contributed by atoms with E-state index in [1.165, 1.54) is 0 Å². The van der Waals surface area contributed by atoms with Crippen molar-refractivity contribution < 1.29 is 18.7 Å². The summed E-state index contributed by atoms with van der Waals surface area (Å²) in [6.45, 7) is 3.97. The van der Waals surface area contributed by atoms with E-state index in [0.29, 0.717) is 28.5 Å². The number of amides is 1. The molecule has 3 aromatic carbocycles. The number of nitrogens with zero attached hydrogens (tertiary/aromatic N) is 1. The lowest BCUT2D eigenvalue weighted by Crippen LogP contribution is -2.35. The van der Waals surface area contributed by atoms with Crippen molar-refractivity contribution in [3.05, 3.63) is 94.1 Å². The van der Waals surface area contributed by atoms with Crippen LogP contribution in [0.25, 0.3) is 22.3 Å². The summed E-state index contributed by atoms with van der Waals surface area (Å²) in [6.07, 6.45) is 0.828. The minimum atomic E-state index is -0.717. The fraction of sp³-hybridized carbons (Fsp3) is 0.207. The van der Waals surface area contributed by atoms with Gasteiger partial charge in [-0.15, -0.1) is 11.8 Å². The molecule has 1 aromatic heterocycles. The van der Waals surface area contributed by atoms with E-state index in [-0.39, 0.29) is 22.5 Å². The Balaban J connectivity index is 1.43. The molecular formula is C29H25NO5S. The van der Waals surface area contributed by atoms with Crippen LogP contribution in [0.15, 0.2) is 86.9 Å². The topological polar surface area (TPSA) is 76.8 Å². The fourth-order valence-electron chi connectivity index (χ4n) is 4.36. The number of thioether (sulfide) groups is 1. The van der Waals surface area contributed by atoms with E-state index in [2.05, 4.69) is 6.92 Å². The molecular weight excluding hydrogens is 474 g/mol. The van der Waals surface area contributed by atoms with Gasteiger partial charge in [0.1, 0.15) is 11.3 Å². The third kappa shape index (κ3) is 4.54. The third-order valence-corrected chi connectivity index (χ3v) is 7.51. The van der Waals surface area contributed by atoms with Gasteiger partial charge < -0.3 is 14.1 Å². The number of ether oxygens (including phenoxy) is 1. The molecule has 0 spiro atoms. The first-order valence-corrected chi connectivity index (χ1v) is 12.7. The maximum atomic E-state index is 13.1. The number of carbonyl (C=O) groups excluding carboxylic acids is 2. The van der Waals surface area contributed by atoms with Gasteiger partial charge >= 0.3 is 5.97 Å².